The molecule has 0 fully saturated rings. The van der Waals surface area contributed by atoms with Crippen molar-refractivity contribution in [2.75, 3.05) is 0 Å². The van der Waals surface area contributed by atoms with Crippen molar-refractivity contribution < 1.29 is 4.79 Å². The van der Waals surface area contributed by atoms with Crippen LogP contribution in [0, 0.1) is 0 Å². The summed E-state index contributed by atoms with van der Waals surface area (Å²) in [5.74, 6) is -0.284. The Morgan fingerprint density at radius 2 is 1.93 bits per heavy atom. The summed E-state index contributed by atoms with van der Waals surface area (Å²) < 4.78 is 0. The molecule has 1 amide bonds. The van der Waals surface area contributed by atoms with Crippen LogP contribution in [0.4, 0.5) is 0 Å². The van der Waals surface area contributed by atoms with Crippen molar-refractivity contribution in [3.05, 3.63) is 35.9 Å². The first kappa shape index (κ1) is 10.7. The van der Waals surface area contributed by atoms with E-state index in [4.69, 9.17) is 11.5 Å². The molecule has 0 spiro atoms. The molecule has 0 saturated heterocycles. The van der Waals surface area contributed by atoms with Gasteiger partial charge in [0.1, 0.15) is 0 Å². The van der Waals surface area contributed by atoms with Crippen molar-refractivity contribution in [2.24, 2.45) is 11.5 Å². The number of hydrogen-bond acceptors (Lipinski definition) is 2. The SMILES string of the molecule is NC(=O)CCC(N)Cc1ccccc1. The fraction of sp³-hybridized carbons (Fsp3) is 0.364. The Labute approximate surface area is 84.1 Å². The van der Waals surface area contributed by atoms with Crippen LogP contribution >= 0.6 is 0 Å². The third-order valence-corrected chi connectivity index (χ3v) is 2.10. The van der Waals surface area contributed by atoms with E-state index in [-0.39, 0.29) is 11.9 Å². The van der Waals surface area contributed by atoms with Crippen molar-refractivity contribution in [1.29, 1.82) is 0 Å². The topological polar surface area (TPSA) is 69.1 Å². The molecule has 1 unspecified atom stereocenters. The molecule has 1 aromatic carbocycles. The maximum Gasteiger partial charge on any atom is 0.217 e. The molecule has 0 aliphatic rings. The van der Waals surface area contributed by atoms with Gasteiger partial charge in [0.25, 0.3) is 0 Å². The number of benzene rings is 1. The Kier molecular flexibility index (Phi) is 4.13. The number of primary amides is 1. The first-order chi connectivity index (χ1) is 6.68. The number of carbonyl (C=O) groups is 1. The summed E-state index contributed by atoms with van der Waals surface area (Å²) in [6.07, 6.45) is 1.83. The van der Waals surface area contributed by atoms with Gasteiger partial charge < -0.3 is 11.5 Å². The van der Waals surface area contributed by atoms with Crippen LogP contribution in [0.25, 0.3) is 0 Å². The van der Waals surface area contributed by atoms with Crippen molar-refractivity contribution in [2.45, 2.75) is 25.3 Å². The van der Waals surface area contributed by atoms with E-state index in [0.717, 1.165) is 6.42 Å². The van der Waals surface area contributed by atoms with E-state index in [1.54, 1.807) is 0 Å². The van der Waals surface area contributed by atoms with Gasteiger partial charge in [0, 0.05) is 12.5 Å². The lowest BCUT2D eigenvalue weighted by Gasteiger charge is -2.09. The molecule has 0 aliphatic carbocycles. The van der Waals surface area contributed by atoms with Gasteiger partial charge in [-0.1, -0.05) is 30.3 Å². The largest absolute Gasteiger partial charge is 0.370 e. The average Bonchev–Trinajstić information content (AvgIpc) is 2.16. The number of carbonyl (C=O) groups excluding carboxylic acids is 1. The molecular weight excluding hydrogens is 176 g/mol. The molecule has 0 bridgehead atoms. The van der Waals surface area contributed by atoms with Crippen molar-refractivity contribution in [1.82, 2.24) is 0 Å². The van der Waals surface area contributed by atoms with E-state index in [2.05, 4.69) is 0 Å². The van der Waals surface area contributed by atoms with Crippen LogP contribution < -0.4 is 11.5 Å². The van der Waals surface area contributed by atoms with E-state index in [1.807, 2.05) is 30.3 Å². The van der Waals surface area contributed by atoms with E-state index in [9.17, 15) is 4.79 Å². The predicted molar refractivity (Wildman–Crippen MR) is 56.5 cm³/mol. The highest BCUT2D eigenvalue weighted by Gasteiger charge is 2.05. The number of amides is 1. The van der Waals surface area contributed by atoms with E-state index >= 15 is 0 Å². The fourth-order valence-corrected chi connectivity index (χ4v) is 1.35. The molecule has 0 saturated carbocycles. The minimum absolute atomic E-state index is 0.0184. The zero-order valence-corrected chi connectivity index (χ0v) is 8.15. The molecule has 0 radical (unpaired) electrons. The van der Waals surface area contributed by atoms with Crippen LogP contribution in [0.5, 0.6) is 0 Å². The summed E-state index contributed by atoms with van der Waals surface area (Å²) in [5, 5.41) is 0. The highest BCUT2D eigenvalue weighted by Crippen LogP contribution is 2.05. The Bertz CT molecular complexity index is 285. The third kappa shape index (κ3) is 4.05. The average molecular weight is 192 g/mol. The quantitative estimate of drug-likeness (QED) is 0.725. The molecular formula is C11H16N2O. The predicted octanol–water partition coefficient (Wildman–Crippen LogP) is 0.822. The molecule has 0 heterocycles. The fourth-order valence-electron chi connectivity index (χ4n) is 1.35. The van der Waals surface area contributed by atoms with E-state index in [1.165, 1.54) is 5.56 Å². The molecule has 1 atom stereocenters. The van der Waals surface area contributed by atoms with Crippen LogP contribution in [0.15, 0.2) is 30.3 Å². The highest BCUT2D eigenvalue weighted by atomic mass is 16.1. The maximum atomic E-state index is 10.5. The van der Waals surface area contributed by atoms with Gasteiger partial charge in [0.05, 0.1) is 0 Å². The second kappa shape index (κ2) is 5.40. The zero-order valence-electron chi connectivity index (χ0n) is 8.15. The van der Waals surface area contributed by atoms with Gasteiger partial charge in [0.15, 0.2) is 0 Å². The lowest BCUT2D eigenvalue weighted by Crippen LogP contribution is -2.25. The molecule has 76 valence electrons. The first-order valence-corrected chi connectivity index (χ1v) is 4.76. The minimum atomic E-state index is -0.284. The summed E-state index contributed by atoms with van der Waals surface area (Å²) >= 11 is 0. The lowest BCUT2D eigenvalue weighted by molar-refractivity contribution is -0.118. The van der Waals surface area contributed by atoms with Gasteiger partial charge >= 0.3 is 0 Å². The molecule has 0 aliphatic heterocycles. The maximum absolute atomic E-state index is 10.5. The molecule has 4 N–H and O–H groups in total. The number of hydrogen-bond donors (Lipinski definition) is 2. The molecule has 1 rings (SSSR count). The Morgan fingerprint density at radius 3 is 2.50 bits per heavy atom. The second-order valence-corrected chi connectivity index (χ2v) is 3.45. The van der Waals surface area contributed by atoms with Crippen LogP contribution in [-0.4, -0.2) is 11.9 Å². The van der Waals surface area contributed by atoms with Gasteiger partial charge in [0.2, 0.25) is 5.91 Å². The number of nitrogens with two attached hydrogens (primary N) is 2. The summed E-state index contributed by atoms with van der Waals surface area (Å²) in [7, 11) is 0. The number of rotatable bonds is 5. The van der Waals surface area contributed by atoms with Crippen LogP contribution in [-0.2, 0) is 11.2 Å². The smallest absolute Gasteiger partial charge is 0.217 e. The van der Waals surface area contributed by atoms with Gasteiger partial charge in [-0.2, -0.15) is 0 Å². The molecule has 3 nitrogen and oxygen atoms in total. The van der Waals surface area contributed by atoms with Crippen LogP contribution in [0.3, 0.4) is 0 Å². The first-order valence-electron chi connectivity index (χ1n) is 4.76. The minimum Gasteiger partial charge on any atom is -0.370 e. The molecule has 14 heavy (non-hydrogen) atoms. The van der Waals surface area contributed by atoms with Crippen molar-refractivity contribution in [3.63, 3.8) is 0 Å². The van der Waals surface area contributed by atoms with Gasteiger partial charge in [-0.05, 0) is 18.4 Å². The standard InChI is InChI=1S/C11H16N2O/c12-10(6-7-11(13)14)8-9-4-2-1-3-5-9/h1-5,10H,6-8,12H2,(H2,13,14). The van der Waals surface area contributed by atoms with Gasteiger partial charge in [-0.3, -0.25) is 4.79 Å². The summed E-state index contributed by atoms with van der Waals surface area (Å²) in [4.78, 5) is 10.5. The monoisotopic (exact) mass is 192 g/mol. The van der Waals surface area contributed by atoms with Gasteiger partial charge in [-0.15, -0.1) is 0 Å². The molecule has 1 aromatic rings. The van der Waals surface area contributed by atoms with E-state index in [0.29, 0.717) is 12.8 Å². The molecule has 3 heteroatoms. The Hall–Kier alpha value is -1.35. The Balaban J connectivity index is 2.34. The van der Waals surface area contributed by atoms with Crippen molar-refractivity contribution in [3.8, 4) is 0 Å². The van der Waals surface area contributed by atoms with Crippen molar-refractivity contribution >= 4 is 5.91 Å². The molecule has 0 aromatic heterocycles. The Morgan fingerprint density at radius 1 is 1.29 bits per heavy atom. The summed E-state index contributed by atoms with van der Waals surface area (Å²) in [5.41, 5.74) is 12.1. The zero-order chi connectivity index (χ0) is 10.4. The van der Waals surface area contributed by atoms with E-state index < -0.39 is 0 Å². The van der Waals surface area contributed by atoms with Crippen LogP contribution in [0.2, 0.25) is 0 Å². The third-order valence-electron chi connectivity index (χ3n) is 2.10. The summed E-state index contributed by atoms with van der Waals surface area (Å²) in [6, 6.07) is 10.0. The highest BCUT2D eigenvalue weighted by molar-refractivity contribution is 5.73. The second-order valence-electron chi connectivity index (χ2n) is 3.45. The van der Waals surface area contributed by atoms with Crippen LogP contribution in [0.1, 0.15) is 18.4 Å². The summed E-state index contributed by atoms with van der Waals surface area (Å²) in [6.45, 7) is 0. The normalized spacial score (nSPS) is 12.4. The van der Waals surface area contributed by atoms with Gasteiger partial charge in [-0.25, -0.2) is 0 Å². The lowest BCUT2D eigenvalue weighted by atomic mass is 10.0.